The Morgan fingerprint density at radius 2 is 1.67 bits per heavy atom. The molecule has 3 atom stereocenters. The Labute approximate surface area is 303 Å². The number of hydrogen-bond donors (Lipinski definition) is 0. The Bertz CT molecular complexity index is 2190. The minimum absolute atomic E-state index is 0. The van der Waals surface area contributed by atoms with E-state index in [1.807, 2.05) is 41.0 Å². The quantitative estimate of drug-likeness (QED) is 0.119. The maximum absolute atomic E-state index is 14.3. The Morgan fingerprint density at radius 3 is 2.39 bits per heavy atom. The van der Waals surface area contributed by atoms with Crippen LogP contribution in [0.25, 0.3) is 33.3 Å². The van der Waals surface area contributed by atoms with Crippen LogP contribution in [0.3, 0.4) is 0 Å². The third-order valence-electron chi connectivity index (χ3n) is 9.66. The first-order valence-electron chi connectivity index (χ1n) is 17.1. The standard InChI is InChI=1S/C42H43FN4O.Pt/c1-24(2)41-40(39-28(7)17-26(5)18-29(39)8)42(25(3)4)47(45-41)31-19-27(6)20-33(22-31)48-32-13-14-35-34-11-9-10-12-36(34)46(37(35)23-32)38-21-30(43)15-16-44-38;/h9-17,19-21,24-26,29,39H,18H2,1-8H3;/q-2;+2/t26-,29-,39?;/m0./s1. The molecule has 0 amide bonds. The van der Waals surface area contributed by atoms with E-state index >= 15 is 0 Å². The van der Waals surface area contributed by atoms with Crippen molar-refractivity contribution < 1.29 is 30.2 Å². The maximum Gasteiger partial charge on any atom is 2.00 e. The molecule has 5 nitrogen and oxygen atoms in total. The SMILES string of the molecule is CC1=C[C@H](C)C[C@H](C)C1c1c(C(C)C)nn(-c2[c-]c(Oc3[c-]c4c(cc3)c3ccccc3n4-c3cc(F)ccn3)cc(C)c2)c1C(C)C.[Pt+2]. The molecular formula is C42H43FN4OPt. The number of rotatable bonds is 7. The molecule has 0 saturated heterocycles. The maximum atomic E-state index is 14.3. The molecule has 1 aliphatic rings. The van der Waals surface area contributed by atoms with E-state index in [2.05, 4.69) is 95.4 Å². The topological polar surface area (TPSA) is 44.9 Å². The van der Waals surface area contributed by atoms with Crippen LogP contribution in [-0.4, -0.2) is 19.3 Å². The largest absolute Gasteiger partial charge is 2.00 e. The molecule has 1 unspecified atom stereocenters. The second kappa shape index (κ2) is 13.7. The van der Waals surface area contributed by atoms with Crippen molar-refractivity contribution in [2.45, 2.75) is 79.6 Å². The summed E-state index contributed by atoms with van der Waals surface area (Å²) in [5.74, 6) is 3.25. The van der Waals surface area contributed by atoms with Gasteiger partial charge in [-0.25, -0.2) is 9.37 Å². The van der Waals surface area contributed by atoms with Gasteiger partial charge in [-0.05, 0) is 60.2 Å². The summed E-state index contributed by atoms with van der Waals surface area (Å²) < 4.78 is 24.9. The van der Waals surface area contributed by atoms with Crippen LogP contribution in [0.15, 0.2) is 78.5 Å². The second-order valence-electron chi connectivity index (χ2n) is 14.3. The average molecular weight is 834 g/mol. The number of benzene rings is 3. The van der Waals surface area contributed by atoms with Crippen LogP contribution in [0.2, 0.25) is 0 Å². The minimum Gasteiger partial charge on any atom is -0.509 e. The Morgan fingerprint density at radius 1 is 0.898 bits per heavy atom. The van der Waals surface area contributed by atoms with Crippen molar-refractivity contribution in [1.29, 1.82) is 0 Å². The van der Waals surface area contributed by atoms with Gasteiger partial charge in [-0.2, -0.15) is 16.7 Å². The first-order chi connectivity index (χ1) is 23.0. The molecular weight excluding hydrogens is 791 g/mol. The zero-order valence-electron chi connectivity index (χ0n) is 29.4. The van der Waals surface area contributed by atoms with Gasteiger partial charge in [0.15, 0.2) is 0 Å². The van der Waals surface area contributed by atoms with E-state index in [4.69, 9.17) is 9.84 Å². The number of fused-ring (bicyclic) bond motifs is 3. The van der Waals surface area contributed by atoms with Crippen LogP contribution < -0.4 is 4.74 Å². The van der Waals surface area contributed by atoms with E-state index in [-0.39, 0.29) is 38.7 Å². The fraction of sp³-hybridized carbons (Fsp3) is 0.333. The van der Waals surface area contributed by atoms with Crippen LogP contribution >= 0.6 is 0 Å². The predicted molar refractivity (Wildman–Crippen MR) is 192 cm³/mol. The fourth-order valence-electron chi connectivity index (χ4n) is 7.89. The van der Waals surface area contributed by atoms with Crippen molar-refractivity contribution in [3.8, 4) is 23.0 Å². The summed E-state index contributed by atoms with van der Waals surface area (Å²) in [7, 11) is 0. The molecule has 0 radical (unpaired) electrons. The molecule has 7 rings (SSSR count). The van der Waals surface area contributed by atoms with Crippen LogP contribution in [0.1, 0.15) is 95.2 Å². The van der Waals surface area contributed by atoms with Crippen molar-refractivity contribution in [3.05, 3.63) is 119 Å². The molecule has 49 heavy (non-hydrogen) atoms. The molecule has 254 valence electrons. The monoisotopic (exact) mass is 833 g/mol. The summed E-state index contributed by atoms with van der Waals surface area (Å²) in [5, 5.41) is 7.35. The summed E-state index contributed by atoms with van der Waals surface area (Å²) in [5.41, 5.74) is 8.82. The van der Waals surface area contributed by atoms with Crippen LogP contribution in [0.5, 0.6) is 11.5 Å². The van der Waals surface area contributed by atoms with E-state index in [0.717, 1.165) is 38.8 Å². The third kappa shape index (κ3) is 6.41. The van der Waals surface area contributed by atoms with Crippen molar-refractivity contribution in [3.63, 3.8) is 0 Å². The molecule has 0 fully saturated rings. The van der Waals surface area contributed by atoms with Crippen molar-refractivity contribution in [2.75, 3.05) is 0 Å². The van der Waals surface area contributed by atoms with E-state index in [0.29, 0.717) is 35.1 Å². The second-order valence-corrected chi connectivity index (χ2v) is 14.3. The molecule has 0 N–H and O–H groups in total. The number of aromatic nitrogens is 4. The summed E-state index contributed by atoms with van der Waals surface area (Å²) in [6, 6.07) is 26.0. The molecule has 1 aliphatic carbocycles. The normalized spacial score (nSPS) is 17.9. The van der Waals surface area contributed by atoms with E-state index in [1.54, 1.807) is 0 Å². The smallest absolute Gasteiger partial charge is 0.509 e. The van der Waals surface area contributed by atoms with Gasteiger partial charge in [0.1, 0.15) is 11.6 Å². The molecule has 7 heteroatoms. The van der Waals surface area contributed by atoms with E-state index < -0.39 is 0 Å². The van der Waals surface area contributed by atoms with Crippen LogP contribution in [0.4, 0.5) is 4.39 Å². The molecule has 0 bridgehead atoms. The summed E-state index contributed by atoms with van der Waals surface area (Å²) in [6.45, 7) is 18.1. The number of aryl methyl sites for hydroxylation is 1. The zero-order chi connectivity index (χ0) is 33.9. The number of halogens is 1. The third-order valence-corrected chi connectivity index (χ3v) is 9.66. The summed E-state index contributed by atoms with van der Waals surface area (Å²) in [6.07, 6.45) is 5.11. The molecule has 0 aliphatic heterocycles. The molecule has 3 aromatic carbocycles. The van der Waals surface area contributed by atoms with Gasteiger partial charge in [-0.1, -0.05) is 83.8 Å². The Hall–Kier alpha value is -4.02. The molecule has 3 heterocycles. The van der Waals surface area contributed by atoms with E-state index in [9.17, 15) is 4.39 Å². The van der Waals surface area contributed by atoms with Crippen molar-refractivity contribution in [1.82, 2.24) is 19.3 Å². The van der Waals surface area contributed by atoms with Gasteiger partial charge in [0.2, 0.25) is 0 Å². The van der Waals surface area contributed by atoms with Gasteiger partial charge in [-0.15, -0.1) is 35.7 Å². The first-order valence-corrected chi connectivity index (χ1v) is 17.1. The summed E-state index contributed by atoms with van der Waals surface area (Å²) >= 11 is 0. The molecule has 0 spiro atoms. The number of para-hydroxylation sites is 1. The minimum atomic E-state index is -0.345. The number of hydrogen-bond acceptors (Lipinski definition) is 3. The fourth-order valence-corrected chi connectivity index (χ4v) is 7.89. The summed E-state index contributed by atoms with van der Waals surface area (Å²) in [4.78, 5) is 4.49. The molecule has 0 saturated carbocycles. The molecule has 3 aromatic heterocycles. The number of ether oxygens (including phenoxy) is 1. The zero-order valence-corrected chi connectivity index (χ0v) is 31.7. The van der Waals surface area contributed by atoms with Crippen LogP contribution in [-0.2, 0) is 21.1 Å². The van der Waals surface area contributed by atoms with Crippen molar-refractivity contribution >= 4 is 21.8 Å². The average Bonchev–Trinajstić information content (AvgIpc) is 3.57. The van der Waals surface area contributed by atoms with Gasteiger partial charge in [0, 0.05) is 46.5 Å². The number of allylic oxidation sites excluding steroid dienone is 2. The number of nitrogens with zero attached hydrogens (tertiary/aromatic N) is 4. The van der Waals surface area contributed by atoms with Crippen LogP contribution in [0, 0.1) is 36.7 Å². The van der Waals surface area contributed by atoms with Crippen molar-refractivity contribution in [2.24, 2.45) is 11.8 Å². The Balaban J connectivity index is 0.00000417. The first kappa shape index (κ1) is 34.8. The van der Waals surface area contributed by atoms with Gasteiger partial charge in [0.25, 0.3) is 0 Å². The van der Waals surface area contributed by atoms with Gasteiger partial charge >= 0.3 is 21.1 Å². The predicted octanol–water partition coefficient (Wildman–Crippen LogP) is 11.2. The Kier molecular flexibility index (Phi) is 9.74. The van der Waals surface area contributed by atoms with E-state index in [1.165, 1.54) is 41.6 Å². The van der Waals surface area contributed by atoms with Gasteiger partial charge in [-0.3, -0.25) is 4.68 Å². The number of pyridine rings is 1. The van der Waals surface area contributed by atoms with Gasteiger partial charge < -0.3 is 9.30 Å². The molecule has 6 aromatic rings. The van der Waals surface area contributed by atoms with Gasteiger partial charge in [0.05, 0.1) is 5.69 Å².